The number of aromatic amines is 1. The normalized spacial score (nSPS) is 15.2. The number of rotatable bonds is 7. The average Bonchev–Trinajstić information content (AvgIpc) is 3.31. The number of ether oxygens (including phenoxy) is 1. The number of H-pyrrole nitrogens is 1. The summed E-state index contributed by atoms with van der Waals surface area (Å²) in [5, 5.41) is 5.90. The minimum atomic E-state index is -0.0186. The van der Waals surface area contributed by atoms with Crippen LogP contribution >= 0.6 is 11.3 Å². The van der Waals surface area contributed by atoms with Crippen molar-refractivity contribution in [1.82, 2.24) is 20.2 Å². The molecule has 7 heteroatoms. The number of piperidine rings is 1. The summed E-state index contributed by atoms with van der Waals surface area (Å²) in [5.41, 5.74) is 0.677. The molecule has 0 atom stereocenters. The summed E-state index contributed by atoms with van der Waals surface area (Å²) in [5.74, 6) is 1.19. The van der Waals surface area contributed by atoms with E-state index in [0.717, 1.165) is 30.9 Å². The van der Waals surface area contributed by atoms with Crippen LogP contribution in [0.3, 0.4) is 0 Å². The van der Waals surface area contributed by atoms with Crippen molar-refractivity contribution < 1.29 is 9.53 Å². The smallest absolute Gasteiger partial charge is 0.252 e. The van der Waals surface area contributed by atoms with Crippen molar-refractivity contribution in [2.75, 3.05) is 19.6 Å². The van der Waals surface area contributed by atoms with Crippen molar-refractivity contribution in [2.45, 2.75) is 19.4 Å². The molecule has 0 unspecified atom stereocenters. The zero-order chi connectivity index (χ0) is 16.8. The molecule has 1 fully saturated rings. The summed E-state index contributed by atoms with van der Waals surface area (Å²) >= 11 is 1.58. The fraction of sp³-hybridized carbons (Fsp3) is 0.412. The molecule has 0 bridgehead atoms. The van der Waals surface area contributed by atoms with E-state index in [4.69, 9.17) is 4.74 Å². The van der Waals surface area contributed by atoms with Gasteiger partial charge >= 0.3 is 0 Å². The van der Waals surface area contributed by atoms with E-state index in [1.54, 1.807) is 36.0 Å². The number of hydrogen-bond donors (Lipinski definition) is 2. The number of carbonyl (C=O) groups is 1. The third-order valence-corrected chi connectivity index (χ3v) is 4.98. The number of thiazole rings is 1. The van der Waals surface area contributed by atoms with Gasteiger partial charge in [-0.25, -0.2) is 4.98 Å². The molecule has 0 spiro atoms. The SMILES string of the molecule is C=C(OCc1nccs1)N1CCC(CNC(=O)c2cc[nH]c2)CC1. The summed E-state index contributed by atoms with van der Waals surface area (Å²) in [4.78, 5) is 21.2. The zero-order valence-electron chi connectivity index (χ0n) is 13.5. The van der Waals surface area contributed by atoms with Gasteiger partial charge in [0.15, 0.2) is 5.88 Å². The summed E-state index contributed by atoms with van der Waals surface area (Å²) < 4.78 is 5.71. The molecule has 2 N–H and O–H groups in total. The maximum absolute atomic E-state index is 11.9. The lowest BCUT2D eigenvalue weighted by atomic mass is 9.97. The molecular formula is C17H22N4O2S. The predicted octanol–water partition coefficient (Wildman–Crippen LogP) is 2.60. The van der Waals surface area contributed by atoms with E-state index in [9.17, 15) is 4.79 Å². The van der Waals surface area contributed by atoms with Gasteiger partial charge in [0.25, 0.3) is 5.91 Å². The predicted molar refractivity (Wildman–Crippen MR) is 93.5 cm³/mol. The molecule has 128 valence electrons. The first-order chi connectivity index (χ1) is 11.7. The molecule has 1 aliphatic heterocycles. The Bertz CT molecular complexity index is 646. The standard InChI is InChI=1S/C17H22N4O2S/c1-13(23-12-16-19-6-9-24-16)21-7-3-14(4-8-21)10-20-17(22)15-2-5-18-11-15/h2,5-6,9,11,14,18H,1,3-4,7-8,10,12H2,(H,20,22). The monoisotopic (exact) mass is 346 g/mol. The van der Waals surface area contributed by atoms with Crippen molar-refractivity contribution in [3.63, 3.8) is 0 Å². The van der Waals surface area contributed by atoms with Crippen molar-refractivity contribution in [1.29, 1.82) is 0 Å². The number of carbonyl (C=O) groups excluding carboxylic acids is 1. The minimum Gasteiger partial charge on any atom is -0.472 e. The minimum absolute atomic E-state index is 0.0186. The molecular weight excluding hydrogens is 324 g/mol. The van der Waals surface area contributed by atoms with Gasteiger partial charge < -0.3 is 19.9 Å². The molecule has 0 aliphatic carbocycles. The molecule has 3 heterocycles. The Hall–Kier alpha value is -2.28. The van der Waals surface area contributed by atoms with Gasteiger partial charge in [0.2, 0.25) is 0 Å². The second-order valence-corrected chi connectivity index (χ2v) is 6.83. The highest BCUT2D eigenvalue weighted by molar-refractivity contribution is 7.09. The molecule has 3 rings (SSSR count). The fourth-order valence-corrected chi connectivity index (χ4v) is 3.28. The maximum atomic E-state index is 11.9. The largest absolute Gasteiger partial charge is 0.472 e. The van der Waals surface area contributed by atoms with Crippen LogP contribution in [0.15, 0.2) is 42.5 Å². The lowest BCUT2D eigenvalue weighted by Crippen LogP contribution is -2.38. The van der Waals surface area contributed by atoms with Crippen molar-refractivity contribution in [3.05, 3.63) is 53.1 Å². The molecule has 6 nitrogen and oxygen atoms in total. The Morgan fingerprint density at radius 3 is 3.00 bits per heavy atom. The maximum Gasteiger partial charge on any atom is 0.252 e. The van der Waals surface area contributed by atoms with Crippen LogP contribution in [-0.2, 0) is 11.3 Å². The Labute approximate surface area is 145 Å². The van der Waals surface area contributed by atoms with Crippen LogP contribution in [0.1, 0.15) is 28.2 Å². The highest BCUT2D eigenvalue weighted by atomic mass is 32.1. The van der Waals surface area contributed by atoms with E-state index >= 15 is 0 Å². The Morgan fingerprint density at radius 2 is 2.33 bits per heavy atom. The summed E-state index contributed by atoms with van der Waals surface area (Å²) in [6.45, 7) is 7.01. The fourth-order valence-electron chi connectivity index (χ4n) is 2.75. The molecule has 0 saturated carbocycles. The van der Waals surface area contributed by atoms with Crippen LogP contribution in [0, 0.1) is 5.92 Å². The Morgan fingerprint density at radius 1 is 1.50 bits per heavy atom. The van der Waals surface area contributed by atoms with Gasteiger partial charge in [-0.3, -0.25) is 4.79 Å². The number of likely N-dealkylation sites (tertiary alicyclic amines) is 1. The van der Waals surface area contributed by atoms with Gasteiger partial charge in [0, 0.05) is 43.6 Å². The zero-order valence-corrected chi connectivity index (χ0v) is 14.3. The number of nitrogens with one attached hydrogen (secondary N) is 2. The first-order valence-corrected chi connectivity index (χ1v) is 8.96. The van der Waals surface area contributed by atoms with Crippen LogP contribution in [0.5, 0.6) is 0 Å². The topological polar surface area (TPSA) is 70.2 Å². The van der Waals surface area contributed by atoms with Gasteiger partial charge in [-0.05, 0) is 31.4 Å². The quantitative estimate of drug-likeness (QED) is 0.756. The molecule has 24 heavy (non-hydrogen) atoms. The highest BCUT2D eigenvalue weighted by Crippen LogP contribution is 2.21. The lowest BCUT2D eigenvalue weighted by Gasteiger charge is -2.34. The number of aromatic nitrogens is 2. The van der Waals surface area contributed by atoms with E-state index in [0.29, 0.717) is 30.5 Å². The first-order valence-electron chi connectivity index (χ1n) is 8.08. The molecule has 0 radical (unpaired) electrons. The Balaban J connectivity index is 1.36. The van der Waals surface area contributed by atoms with Crippen LogP contribution in [-0.4, -0.2) is 40.4 Å². The molecule has 2 aromatic heterocycles. The van der Waals surface area contributed by atoms with Gasteiger partial charge in [-0.2, -0.15) is 0 Å². The third-order valence-electron chi connectivity index (χ3n) is 4.22. The van der Waals surface area contributed by atoms with Gasteiger partial charge in [0.05, 0.1) is 5.56 Å². The second kappa shape index (κ2) is 8.01. The number of nitrogens with zero attached hydrogens (tertiary/aromatic N) is 2. The molecule has 1 saturated heterocycles. The Kier molecular flexibility index (Phi) is 5.53. The van der Waals surface area contributed by atoms with Crippen molar-refractivity contribution in [3.8, 4) is 0 Å². The van der Waals surface area contributed by atoms with Crippen LogP contribution < -0.4 is 5.32 Å². The number of amides is 1. The van der Waals surface area contributed by atoms with Crippen molar-refractivity contribution in [2.24, 2.45) is 5.92 Å². The molecule has 2 aromatic rings. The van der Waals surface area contributed by atoms with Crippen LogP contribution in [0.25, 0.3) is 0 Å². The first kappa shape index (κ1) is 16.6. The number of hydrogen-bond acceptors (Lipinski definition) is 5. The average molecular weight is 346 g/mol. The summed E-state index contributed by atoms with van der Waals surface area (Å²) in [6.07, 6.45) is 7.28. The molecule has 1 aliphatic rings. The van der Waals surface area contributed by atoms with E-state index in [-0.39, 0.29) is 5.91 Å². The second-order valence-electron chi connectivity index (χ2n) is 5.85. The highest BCUT2D eigenvalue weighted by Gasteiger charge is 2.21. The van der Waals surface area contributed by atoms with Crippen LogP contribution in [0.4, 0.5) is 0 Å². The molecule has 0 aromatic carbocycles. The van der Waals surface area contributed by atoms with Gasteiger partial charge in [-0.1, -0.05) is 0 Å². The summed E-state index contributed by atoms with van der Waals surface area (Å²) in [7, 11) is 0. The van der Waals surface area contributed by atoms with E-state index in [1.165, 1.54) is 0 Å². The van der Waals surface area contributed by atoms with E-state index < -0.39 is 0 Å². The third kappa shape index (κ3) is 4.38. The molecule has 1 amide bonds. The van der Waals surface area contributed by atoms with Gasteiger partial charge in [-0.15, -0.1) is 11.3 Å². The van der Waals surface area contributed by atoms with Gasteiger partial charge in [0.1, 0.15) is 11.6 Å². The van der Waals surface area contributed by atoms with Crippen molar-refractivity contribution >= 4 is 17.2 Å². The van der Waals surface area contributed by atoms with Crippen LogP contribution in [0.2, 0.25) is 0 Å². The summed E-state index contributed by atoms with van der Waals surface area (Å²) in [6, 6.07) is 1.78. The van der Waals surface area contributed by atoms with E-state index in [2.05, 4.69) is 26.8 Å². The van der Waals surface area contributed by atoms with E-state index in [1.807, 2.05) is 5.38 Å². The lowest BCUT2D eigenvalue weighted by molar-refractivity contribution is 0.0780.